The molecule has 3 atom stereocenters. The fourth-order valence-corrected chi connectivity index (χ4v) is 7.14. The highest BCUT2D eigenvalue weighted by atomic mass is 16.6. The van der Waals surface area contributed by atoms with Crippen molar-refractivity contribution in [3.63, 3.8) is 0 Å². The van der Waals surface area contributed by atoms with E-state index in [9.17, 15) is 4.79 Å². The number of benzene rings is 4. The van der Waals surface area contributed by atoms with Crippen molar-refractivity contribution in [2.75, 3.05) is 6.61 Å². The van der Waals surface area contributed by atoms with E-state index in [1.807, 2.05) is 107 Å². The molecule has 0 bridgehead atoms. The highest BCUT2D eigenvalue weighted by Crippen LogP contribution is 2.36. The average molecular weight is 676 g/mol. The fourth-order valence-electron chi connectivity index (χ4n) is 7.14. The molecule has 4 aromatic rings. The Morgan fingerprint density at radius 2 is 1.06 bits per heavy atom. The number of Topliss-reactive ketones (excluding diaryl/α,β-unsaturated/α-hetero) is 1. The van der Waals surface area contributed by atoms with Gasteiger partial charge in [0.05, 0.1) is 24.2 Å². The third kappa shape index (κ3) is 9.27. The number of hydrogen-bond acceptors (Lipinski definition) is 6. The summed E-state index contributed by atoms with van der Waals surface area (Å²) in [7, 11) is 0. The molecule has 1 saturated heterocycles. The molecule has 0 aromatic heterocycles. The van der Waals surface area contributed by atoms with Crippen molar-refractivity contribution in [2.24, 2.45) is 0 Å². The SMILES string of the molecule is CC[C@H]([C@@H](OC(=O)N1C(C)(C)COC1(C)C)C(=O)[C@H](C)N(Cc1ccccc1)Cc1ccccc1)N(Cc1ccccc1)Cc1ccccc1. The van der Waals surface area contributed by atoms with Crippen LogP contribution in [0.5, 0.6) is 0 Å². The Morgan fingerprint density at radius 1 is 0.680 bits per heavy atom. The normalized spacial score (nSPS) is 17.0. The number of rotatable bonds is 15. The Labute approximate surface area is 298 Å². The number of amides is 1. The predicted molar refractivity (Wildman–Crippen MR) is 199 cm³/mol. The molecule has 1 aliphatic rings. The van der Waals surface area contributed by atoms with Gasteiger partial charge in [-0.25, -0.2) is 4.79 Å². The Bertz CT molecular complexity index is 1550. The van der Waals surface area contributed by atoms with Gasteiger partial charge in [-0.15, -0.1) is 0 Å². The maximum Gasteiger partial charge on any atom is 0.413 e. The Kier molecular flexibility index (Phi) is 12.3. The van der Waals surface area contributed by atoms with Crippen LogP contribution in [0.4, 0.5) is 4.79 Å². The van der Waals surface area contributed by atoms with Gasteiger partial charge in [-0.2, -0.15) is 0 Å². The minimum Gasteiger partial charge on any atom is -0.436 e. The second-order valence-electron chi connectivity index (χ2n) is 14.5. The van der Waals surface area contributed by atoms with Crippen LogP contribution in [0.15, 0.2) is 121 Å². The summed E-state index contributed by atoms with van der Waals surface area (Å²) in [5.74, 6) is -0.126. The molecule has 5 rings (SSSR count). The van der Waals surface area contributed by atoms with E-state index < -0.39 is 35.5 Å². The van der Waals surface area contributed by atoms with Gasteiger partial charge in [0.15, 0.2) is 11.9 Å². The first-order valence-electron chi connectivity index (χ1n) is 17.8. The molecule has 0 spiro atoms. The monoisotopic (exact) mass is 675 g/mol. The van der Waals surface area contributed by atoms with Crippen molar-refractivity contribution >= 4 is 11.9 Å². The molecule has 50 heavy (non-hydrogen) atoms. The summed E-state index contributed by atoms with van der Waals surface area (Å²) < 4.78 is 12.6. The average Bonchev–Trinajstić information content (AvgIpc) is 3.35. The number of carbonyl (C=O) groups is 2. The topological polar surface area (TPSA) is 62.3 Å². The zero-order chi connectivity index (χ0) is 35.7. The van der Waals surface area contributed by atoms with E-state index in [0.717, 1.165) is 22.3 Å². The summed E-state index contributed by atoms with van der Waals surface area (Å²) >= 11 is 0. The standard InChI is InChI=1S/C43H53N3O4/c1-7-38(45(30-36-24-16-10-17-25-36)31-37-26-18-11-19-27-37)40(50-41(48)46-42(3,4)32-49-43(46,5)6)39(47)33(2)44(28-34-20-12-8-13-21-34)29-35-22-14-9-15-23-35/h8-27,33,38,40H,7,28-32H2,1-6H3/t33-,38+,40+/m0/s1. The van der Waals surface area contributed by atoms with E-state index in [2.05, 4.69) is 65.3 Å². The minimum absolute atomic E-state index is 0.126. The van der Waals surface area contributed by atoms with E-state index in [1.165, 1.54) is 0 Å². The van der Waals surface area contributed by atoms with E-state index in [1.54, 1.807) is 4.90 Å². The number of hydrogen-bond donors (Lipinski definition) is 0. The molecule has 1 heterocycles. The van der Waals surface area contributed by atoms with Crippen molar-refractivity contribution in [1.29, 1.82) is 0 Å². The van der Waals surface area contributed by atoms with Crippen LogP contribution in [0.3, 0.4) is 0 Å². The zero-order valence-electron chi connectivity index (χ0n) is 30.5. The molecular formula is C43H53N3O4. The van der Waals surface area contributed by atoms with E-state index in [-0.39, 0.29) is 5.78 Å². The van der Waals surface area contributed by atoms with Crippen LogP contribution in [0.1, 0.15) is 70.2 Å². The molecule has 1 fully saturated rings. The van der Waals surface area contributed by atoms with Gasteiger partial charge >= 0.3 is 6.09 Å². The van der Waals surface area contributed by atoms with Crippen LogP contribution in [-0.2, 0) is 40.4 Å². The van der Waals surface area contributed by atoms with Gasteiger partial charge in [-0.05, 0) is 63.3 Å². The van der Waals surface area contributed by atoms with Crippen LogP contribution in [0.2, 0.25) is 0 Å². The molecule has 4 aromatic carbocycles. The van der Waals surface area contributed by atoms with Crippen molar-refractivity contribution in [1.82, 2.24) is 14.7 Å². The van der Waals surface area contributed by atoms with Crippen molar-refractivity contribution in [3.8, 4) is 0 Å². The first-order valence-corrected chi connectivity index (χ1v) is 17.8. The van der Waals surface area contributed by atoms with Gasteiger partial charge in [0, 0.05) is 26.2 Å². The zero-order valence-corrected chi connectivity index (χ0v) is 30.5. The summed E-state index contributed by atoms with van der Waals surface area (Å²) in [6.07, 6.45) is -0.994. The third-order valence-corrected chi connectivity index (χ3v) is 9.72. The smallest absolute Gasteiger partial charge is 0.413 e. The largest absolute Gasteiger partial charge is 0.436 e. The van der Waals surface area contributed by atoms with Gasteiger partial charge in [-0.3, -0.25) is 19.5 Å². The molecule has 0 aliphatic carbocycles. The van der Waals surface area contributed by atoms with Gasteiger partial charge in [-0.1, -0.05) is 128 Å². The predicted octanol–water partition coefficient (Wildman–Crippen LogP) is 8.48. The fraction of sp³-hybridized carbons (Fsp3) is 0.395. The van der Waals surface area contributed by atoms with Gasteiger partial charge < -0.3 is 9.47 Å². The van der Waals surface area contributed by atoms with Gasteiger partial charge in [0.2, 0.25) is 0 Å². The molecular weight excluding hydrogens is 622 g/mol. The first-order chi connectivity index (χ1) is 24.0. The lowest BCUT2D eigenvalue weighted by Gasteiger charge is -2.41. The molecule has 0 radical (unpaired) electrons. The quantitative estimate of drug-likeness (QED) is 0.126. The summed E-state index contributed by atoms with van der Waals surface area (Å²) in [5.41, 5.74) is 2.96. The lowest BCUT2D eigenvalue weighted by atomic mass is 9.95. The second-order valence-corrected chi connectivity index (χ2v) is 14.5. The van der Waals surface area contributed by atoms with E-state index >= 15 is 4.79 Å². The van der Waals surface area contributed by atoms with Crippen LogP contribution in [0, 0.1) is 0 Å². The molecule has 7 nitrogen and oxygen atoms in total. The first kappa shape index (κ1) is 37.0. The molecule has 1 amide bonds. The molecule has 0 N–H and O–H groups in total. The minimum atomic E-state index is -1.05. The number of ketones is 1. The lowest BCUT2D eigenvalue weighted by molar-refractivity contribution is -0.140. The van der Waals surface area contributed by atoms with Crippen molar-refractivity contribution in [2.45, 2.75) is 104 Å². The van der Waals surface area contributed by atoms with Gasteiger partial charge in [0.1, 0.15) is 5.72 Å². The molecule has 0 saturated carbocycles. The van der Waals surface area contributed by atoms with Gasteiger partial charge in [0.25, 0.3) is 0 Å². The summed E-state index contributed by atoms with van der Waals surface area (Å²) in [6.45, 7) is 14.4. The molecule has 1 aliphatic heterocycles. The third-order valence-electron chi connectivity index (χ3n) is 9.72. The second kappa shape index (κ2) is 16.6. The van der Waals surface area contributed by atoms with Crippen molar-refractivity contribution in [3.05, 3.63) is 144 Å². The number of nitrogens with zero attached hydrogens (tertiary/aromatic N) is 3. The molecule has 7 heteroatoms. The molecule has 0 unspecified atom stereocenters. The van der Waals surface area contributed by atoms with E-state index in [4.69, 9.17) is 9.47 Å². The van der Waals surface area contributed by atoms with Crippen LogP contribution < -0.4 is 0 Å². The van der Waals surface area contributed by atoms with Crippen LogP contribution in [0.25, 0.3) is 0 Å². The Morgan fingerprint density at radius 3 is 1.40 bits per heavy atom. The summed E-state index contributed by atoms with van der Waals surface area (Å²) in [5, 5.41) is 0. The summed E-state index contributed by atoms with van der Waals surface area (Å²) in [4.78, 5) is 35.7. The Balaban J connectivity index is 1.55. The van der Waals surface area contributed by atoms with E-state index in [0.29, 0.717) is 39.2 Å². The van der Waals surface area contributed by atoms with Crippen molar-refractivity contribution < 1.29 is 19.1 Å². The number of carbonyl (C=O) groups excluding carboxylic acids is 2. The Hall–Kier alpha value is -4.30. The molecule has 264 valence electrons. The lowest BCUT2D eigenvalue weighted by Crippen LogP contribution is -2.58. The highest BCUT2D eigenvalue weighted by molar-refractivity contribution is 5.90. The van der Waals surface area contributed by atoms with Crippen LogP contribution in [-0.4, -0.2) is 62.6 Å². The summed E-state index contributed by atoms with van der Waals surface area (Å²) in [6, 6.07) is 40.0. The maximum atomic E-state index is 15.2. The number of ether oxygens (including phenoxy) is 2. The highest BCUT2D eigenvalue weighted by Gasteiger charge is 2.51. The van der Waals surface area contributed by atoms with Crippen LogP contribution >= 0.6 is 0 Å². The maximum absolute atomic E-state index is 15.2.